The molecule has 2 N–H and O–H groups in total. The van der Waals surface area contributed by atoms with Crippen molar-refractivity contribution in [3.63, 3.8) is 0 Å². The molecule has 0 fully saturated rings. The van der Waals surface area contributed by atoms with Crippen LogP contribution in [0.25, 0.3) is 11.3 Å². The Labute approximate surface area is 121 Å². The fraction of sp³-hybridized carbons (Fsp3) is 0. The Morgan fingerprint density at radius 2 is 1.48 bits per heavy atom. The number of halogens is 1. The minimum atomic E-state index is -0.287. The summed E-state index contributed by atoms with van der Waals surface area (Å²) >= 11 is 0. The largest absolute Gasteiger partial charge is 0.457 e. The predicted molar refractivity (Wildman–Crippen MR) is 80.6 cm³/mol. The van der Waals surface area contributed by atoms with Crippen molar-refractivity contribution >= 4 is 5.69 Å². The van der Waals surface area contributed by atoms with E-state index < -0.39 is 0 Å². The molecule has 104 valence electrons. The quantitative estimate of drug-likeness (QED) is 0.779. The van der Waals surface area contributed by atoms with E-state index in [4.69, 9.17) is 10.5 Å². The molecular weight excluding hydrogens is 267 g/mol. The fourth-order valence-corrected chi connectivity index (χ4v) is 1.94. The van der Waals surface area contributed by atoms with Crippen LogP contribution in [0.5, 0.6) is 11.5 Å². The van der Waals surface area contributed by atoms with E-state index in [2.05, 4.69) is 4.98 Å². The molecule has 1 aromatic heterocycles. The lowest BCUT2D eigenvalue weighted by Gasteiger charge is -2.07. The van der Waals surface area contributed by atoms with Gasteiger partial charge in [0.2, 0.25) is 0 Å². The van der Waals surface area contributed by atoms with Crippen LogP contribution in [-0.2, 0) is 0 Å². The van der Waals surface area contributed by atoms with Crippen LogP contribution < -0.4 is 10.5 Å². The van der Waals surface area contributed by atoms with Gasteiger partial charge in [-0.2, -0.15) is 0 Å². The van der Waals surface area contributed by atoms with Crippen LogP contribution in [0, 0.1) is 5.82 Å². The van der Waals surface area contributed by atoms with Crippen molar-refractivity contribution < 1.29 is 9.13 Å². The second kappa shape index (κ2) is 5.63. The smallest absolute Gasteiger partial charge is 0.127 e. The Balaban J connectivity index is 1.79. The Bertz CT molecular complexity index is 739. The van der Waals surface area contributed by atoms with E-state index in [1.54, 1.807) is 24.4 Å². The monoisotopic (exact) mass is 280 g/mol. The van der Waals surface area contributed by atoms with Crippen LogP contribution in [0.15, 0.2) is 66.9 Å². The summed E-state index contributed by atoms with van der Waals surface area (Å²) in [6.07, 6.45) is 1.67. The standard InChI is InChI=1S/C17H13FN2O/c18-13-3-7-16(8-4-13)21-15-5-1-12(2-6-15)17-11-14(19)9-10-20-17/h1-11H,(H2,19,20). The second-order valence-corrected chi connectivity index (χ2v) is 4.55. The van der Waals surface area contributed by atoms with Gasteiger partial charge in [0.05, 0.1) is 5.69 Å². The summed E-state index contributed by atoms with van der Waals surface area (Å²) in [5, 5.41) is 0. The molecule has 0 aliphatic heterocycles. The highest BCUT2D eigenvalue weighted by molar-refractivity contribution is 5.63. The van der Waals surface area contributed by atoms with Crippen LogP contribution in [0.1, 0.15) is 0 Å². The molecular formula is C17H13FN2O. The van der Waals surface area contributed by atoms with Gasteiger partial charge in [-0.1, -0.05) is 0 Å². The lowest BCUT2D eigenvalue weighted by atomic mass is 10.1. The van der Waals surface area contributed by atoms with Gasteiger partial charge in [-0.3, -0.25) is 4.98 Å². The minimum absolute atomic E-state index is 0.287. The molecule has 21 heavy (non-hydrogen) atoms. The van der Waals surface area contributed by atoms with E-state index in [9.17, 15) is 4.39 Å². The van der Waals surface area contributed by atoms with Crippen LogP contribution >= 0.6 is 0 Å². The van der Waals surface area contributed by atoms with Crippen LogP contribution in [0.3, 0.4) is 0 Å². The molecule has 3 rings (SSSR count). The Hall–Kier alpha value is -2.88. The molecule has 3 aromatic rings. The van der Waals surface area contributed by atoms with Crippen molar-refractivity contribution in [2.24, 2.45) is 0 Å². The zero-order valence-corrected chi connectivity index (χ0v) is 11.2. The number of rotatable bonds is 3. The Kier molecular flexibility index (Phi) is 3.51. The minimum Gasteiger partial charge on any atom is -0.457 e. The summed E-state index contributed by atoms with van der Waals surface area (Å²) in [7, 11) is 0. The third kappa shape index (κ3) is 3.17. The summed E-state index contributed by atoms with van der Waals surface area (Å²) < 4.78 is 18.5. The average molecular weight is 280 g/mol. The molecule has 0 atom stereocenters. The van der Waals surface area contributed by atoms with Gasteiger partial charge in [-0.25, -0.2) is 4.39 Å². The van der Waals surface area contributed by atoms with Crippen LogP contribution in [-0.4, -0.2) is 4.98 Å². The number of nitrogens with zero attached hydrogens (tertiary/aromatic N) is 1. The number of anilines is 1. The van der Waals surface area contributed by atoms with Gasteiger partial charge in [0.25, 0.3) is 0 Å². The lowest BCUT2D eigenvalue weighted by molar-refractivity contribution is 0.480. The molecule has 0 bridgehead atoms. The summed E-state index contributed by atoms with van der Waals surface area (Å²) in [6, 6.07) is 16.9. The maximum absolute atomic E-state index is 12.8. The highest BCUT2D eigenvalue weighted by Gasteiger charge is 2.02. The first-order valence-electron chi connectivity index (χ1n) is 6.46. The summed E-state index contributed by atoms with van der Waals surface area (Å²) in [6.45, 7) is 0. The van der Waals surface area contributed by atoms with E-state index in [0.717, 1.165) is 11.3 Å². The number of benzene rings is 2. The number of hydrogen-bond acceptors (Lipinski definition) is 3. The van der Waals surface area contributed by atoms with E-state index in [1.807, 2.05) is 30.3 Å². The molecule has 0 amide bonds. The summed E-state index contributed by atoms with van der Waals surface area (Å²) in [5.41, 5.74) is 8.18. The number of nitrogens with two attached hydrogens (primary N) is 1. The van der Waals surface area contributed by atoms with Gasteiger partial charge >= 0.3 is 0 Å². The topological polar surface area (TPSA) is 48.1 Å². The maximum Gasteiger partial charge on any atom is 0.127 e. The zero-order valence-electron chi connectivity index (χ0n) is 11.2. The van der Waals surface area contributed by atoms with Crippen molar-refractivity contribution in [2.75, 3.05) is 5.73 Å². The first-order valence-corrected chi connectivity index (χ1v) is 6.46. The van der Waals surface area contributed by atoms with Crippen molar-refractivity contribution in [1.29, 1.82) is 0 Å². The van der Waals surface area contributed by atoms with Gasteiger partial charge in [0.1, 0.15) is 17.3 Å². The molecule has 0 radical (unpaired) electrons. The normalized spacial score (nSPS) is 10.3. The molecule has 4 heteroatoms. The Morgan fingerprint density at radius 3 is 2.10 bits per heavy atom. The van der Waals surface area contributed by atoms with Crippen molar-refractivity contribution in [2.45, 2.75) is 0 Å². The number of aromatic nitrogens is 1. The SMILES string of the molecule is Nc1ccnc(-c2ccc(Oc3ccc(F)cc3)cc2)c1. The molecule has 1 heterocycles. The number of hydrogen-bond donors (Lipinski definition) is 1. The highest BCUT2D eigenvalue weighted by atomic mass is 19.1. The third-order valence-corrected chi connectivity index (χ3v) is 2.98. The first kappa shape index (κ1) is 13.1. The Morgan fingerprint density at radius 1 is 0.857 bits per heavy atom. The van der Waals surface area contributed by atoms with Gasteiger partial charge in [0, 0.05) is 17.4 Å². The predicted octanol–water partition coefficient (Wildman–Crippen LogP) is 4.26. The van der Waals surface area contributed by atoms with Crippen LogP contribution in [0.2, 0.25) is 0 Å². The van der Waals surface area contributed by atoms with Crippen molar-refractivity contribution in [1.82, 2.24) is 4.98 Å². The molecule has 0 spiro atoms. The molecule has 0 aliphatic carbocycles. The maximum atomic E-state index is 12.8. The first-order chi connectivity index (χ1) is 10.2. The lowest BCUT2D eigenvalue weighted by Crippen LogP contribution is -1.89. The molecule has 0 saturated heterocycles. The molecule has 0 saturated carbocycles. The van der Waals surface area contributed by atoms with E-state index in [-0.39, 0.29) is 5.82 Å². The van der Waals surface area contributed by atoms with Crippen LogP contribution in [0.4, 0.5) is 10.1 Å². The zero-order chi connectivity index (χ0) is 14.7. The van der Waals surface area contributed by atoms with Gasteiger partial charge in [-0.15, -0.1) is 0 Å². The van der Waals surface area contributed by atoms with E-state index in [1.165, 1.54) is 12.1 Å². The molecule has 2 aromatic carbocycles. The van der Waals surface area contributed by atoms with Gasteiger partial charge in [0.15, 0.2) is 0 Å². The van der Waals surface area contributed by atoms with E-state index >= 15 is 0 Å². The van der Waals surface area contributed by atoms with Gasteiger partial charge < -0.3 is 10.5 Å². The second-order valence-electron chi connectivity index (χ2n) is 4.55. The van der Waals surface area contributed by atoms with Crippen molar-refractivity contribution in [3.05, 3.63) is 72.7 Å². The van der Waals surface area contributed by atoms with Crippen molar-refractivity contribution in [3.8, 4) is 22.8 Å². The summed E-state index contributed by atoms with van der Waals surface area (Å²) in [4.78, 5) is 4.27. The number of pyridine rings is 1. The molecule has 0 aliphatic rings. The third-order valence-electron chi connectivity index (χ3n) is 2.98. The van der Waals surface area contributed by atoms with E-state index in [0.29, 0.717) is 17.2 Å². The average Bonchev–Trinajstić information content (AvgIpc) is 2.50. The summed E-state index contributed by atoms with van der Waals surface area (Å²) in [5.74, 6) is 0.978. The molecule has 0 unspecified atom stereocenters. The van der Waals surface area contributed by atoms with Gasteiger partial charge in [-0.05, 0) is 60.7 Å². The highest BCUT2D eigenvalue weighted by Crippen LogP contribution is 2.25. The molecule has 3 nitrogen and oxygen atoms in total. The number of nitrogen functional groups attached to an aromatic ring is 1. The fourth-order valence-electron chi connectivity index (χ4n) is 1.94. The number of ether oxygens (including phenoxy) is 1.